The van der Waals surface area contributed by atoms with Crippen molar-refractivity contribution in [3.8, 4) is 11.8 Å². The number of nitriles is 1. The first-order valence-electron chi connectivity index (χ1n) is 4.90. The second kappa shape index (κ2) is 6.77. The molecule has 0 aliphatic carbocycles. The van der Waals surface area contributed by atoms with Crippen LogP contribution in [0.1, 0.15) is 6.42 Å². The van der Waals surface area contributed by atoms with E-state index in [0.717, 1.165) is 0 Å². The Balaban J connectivity index is 2.67. The highest BCUT2D eigenvalue weighted by Crippen LogP contribution is 2.28. The van der Waals surface area contributed by atoms with Crippen LogP contribution in [0.3, 0.4) is 0 Å². The summed E-state index contributed by atoms with van der Waals surface area (Å²) in [6.07, 6.45) is -2.86. The lowest BCUT2D eigenvalue weighted by Gasteiger charge is -2.09. The van der Waals surface area contributed by atoms with Crippen molar-refractivity contribution in [2.24, 2.45) is 0 Å². The van der Waals surface area contributed by atoms with Gasteiger partial charge in [-0.15, -0.1) is 0 Å². The number of anilines is 1. The Morgan fingerprint density at radius 3 is 2.83 bits per heavy atom. The maximum atomic E-state index is 11.9. The fourth-order valence-electron chi connectivity index (χ4n) is 1.13. The van der Waals surface area contributed by atoms with Crippen molar-refractivity contribution in [1.29, 1.82) is 5.26 Å². The number of alkyl halides is 2. The van der Waals surface area contributed by atoms with E-state index < -0.39 is 18.9 Å². The van der Waals surface area contributed by atoms with Gasteiger partial charge in [0.15, 0.2) is 0 Å². The number of hydrogen-bond donors (Lipinski definition) is 1. The summed E-state index contributed by atoms with van der Waals surface area (Å²) < 4.78 is 28.6. The topological polar surface area (TPSA) is 62.1 Å². The van der Waals surface area contributed by atoms with Crippen LogP contribution in [0.25, 0.3) is 0 Å². The molecule has 4 nitrogen and oxygen atoms in total. The van der Waals surface area contributed by atoms with Crippen molar-refractivity contribution in [2.45, 2.75) is 12.8 Å². The number of nitrogens with zero attached hydrogens (tertiary/aromatic N) is 1. The van der Waals surface area contributed by atoms with Gasteiger partial charge in [-0.3, -0.25) is 4.79 Å². The van der Waals surface area contributed by atoms with Crippen LogP contribution in [-0.2, 0) is 4.79 Å². The third-order valence-electron chi connectivity index (χ3n) is 1.82. The first kappa shape index (κ1) is 14.2. The third-order valence-corrected chi connectivity index (χ3v) is 2.12. The molecule has 0 fully saturated rings. The van der Waals surface area contributed by atoms with E-state index in [0.29, 0.717) is 5.69 Å². The van der Waals surface area contributed by atoms with E-state index in [1.54, 1.807) is 6.07 Å². The van der Waals surface area contributed by atoms with Gasteiger partial charge in [-0.2, -0.15) is 5.26 Å². The number of carbonyl (C=O) groups excluding carboxylic acids is 1. The molecule has 1 amide bonds. The van der Waals surface area contributed by atoms with E-state index in [4.69, 9.17) is 21.6 Å². The molecule has 0 aromatic heterocycles. The standard InChI is InChI=1S/C11H9ClF2N2O2/c12-8-5-7(16-11(17)3-4-15)1-2-9(8)18-6-10(13)14/h1-2,5,10H,3,6H2,(H,16,17). The number of carbonyl (C=O) groups is 1. The summed E-state index contributed by atoms with van der Waals surface area (Å²) in [5, 5.41) is 10.8. The maximum Gasteiger partial charge on any atom is 0.272 e. The monoisotopic (exact) mass is 274 g/mol. The van der Waals surface area contributed by atoms with Crippen molar-refractivity contribution in [1.82, 2.24) is 0 Å². The maximum absolute atomic E-state index is 11.9. The van der Waals surface area contributed by atoms with Crippen LogP contribution in [0.15, 0.2) is 18.2 Å². The zero-order chi connectivity index (χ0) is 13.5. The van der Waals surface area contributed by atoms with Crippen molar-refractivity contribution >= 4 is 23.2 Å². The number of halogens is 3. The zero-order valence-corrected chi connectivity index (χ0v) is 9.88. The fraction of sp³-hybridized carbons (Fsp3) is 0.273. The van der Waals surface area contributed by atoms with Crippen molar-refractivity contribution < 1.29 is 18.3 Å². The van der Waals surface area contributed by atoms with Crippen LogP contribution >= 0.6 is 11.6 Å². The van der Waals surface area contributed by atoms with Gasteiger partial charge in [-0.25, -0.2) is 8.78 Å². The van der Waals surface area contributed by atoms with E-state index in [2.05, 4.69) is 5.32 Å². The minimum Gasteiger partial charge on any atom is -0.486 e. The van der Waals surface area contributed by atoms with Crippen molar-refractivity contribution in [3.05, 3.63) is 23.2 Å². The van der Waals surface area contributed by atoms with E-state index in [1.807, 2.05) is 0 Å². The first-order valence-corrected chi connectivity index (χ1v) is 5.28. The van der Waals surface area contributed by atoms with Gasteiger partial charge in [0.25, 0.3) is 6.43 Å². The Labute approximate surface area is 107 Å². The highest BCUT2D eigenvalue weighted by molar-refractivity contribution is 6.32. The number of benzene rings is 1. The number of ether oxygens (including phenoxy) is 1. The van der Waals surface area contributed by atoms with Gasteiger partial charge in [0.05, 0.1) is 11.1 Å². The van der Waals surface area contributed by atoms with E-state index >= 15 is 0 Å². The number of amides is 1. The fourth-order valence-corrected chi connectivity index (χ4v) is 1.36. The molecule has 0 saturated heterocycles. The SMILES string of the molecule is N#CCC(=O)Nc1ccc(OCC(F)F)c(Cl)c1. The Hall–Kier alpha value is -1.87. The molecule has 0 spiro atoms. The summed E-state index contributed by atoms with van der Waals surface area (Å²) in [5.74, 6) is -0.370. The first-order chi connectivity index (χ1) is 8.52. The molecule has 0 aliphatic rings. The smallest absolute Gasteiger partial charge is 0.272 e. The largest absolute Gasteiger partial charge is 0.486 e. The second-order valence-electron chi connectivity index (χ2n) is 3.23. The predicted octanol–water partition coefficient (Wildman–Crippen LogP) is 2.84. The quantitative estimate of drug-likeness (QED) is 0.898. The summed E-state index contributed by atoms with van der Waals surface area (Å²) in [7, 11) is 0. The molecule has 1 aromatic rings. The second-order valence-corrected chi connectivity index (χ2v) is 3.64. The van der Waals surface area contributed by atoms with E-state index in [9.17, 15) is 13.6 Å². The molecule has 0 unspecified atom stereocenters. The molecule has 0 heterocycles. The molecule has 0 saturated carbocycles. The van der Waals surface area contributed by atoms with Crippen LogP contribution in [-0.4, -0.2) is 18.9 Å². The van der Waals surface area contributed by atoms with Crippen molar-refractivity contribution in [3.63, 3.8) is 0 Å². The minimum absolute atomic E-state index is 0.102. The molecule has 1 N–H and O–H groups in total. The van der Waals surface area contributed by atoms with Gasteiger partial charge in [0.2, 0.25) is 5.91 Å². The molecular formula is C11H9ClF2N2O2. The van der Waals surface area contributed by atoms with E-state index in [-0.39, 0.29) is 17.2 Å². The predicted molar refractivity (Wildman–Crippen MR) is 61.8 cm³/mol. The average molecular weight is 275 g/mol. The number of nitrogens with one attached hydrogen (secondary N) is 1. The van der Waals surface area contributed by atoms with Crippen LogP contribution in [0.2, 0.25) is 5.02 Å². The summed E-state index contributed by atoms with van der Waals surface area (Å²) in [4.78, 5) is 11.1. The summed E-state index contributed by atoms with van der Waals surface area (Å²) in [5.41, 5.74) is 0.365. The van der Waals surface area contributed by atoms with Gasteiger partial charge in [-0.05, 0) is 18.2 Å². The highest BCUT2D eigenvalue weighted by Gasteiger charge is 2.08. The third kappa shape index (κ3) is 4.55. The summed E-state index contributed by atoms with van der Waals surface area (Å²) >= 11 is 5.79. The van der Waals surface area contributed by atoms with Gasteiger partial charge in [0, 0.05) is 5.69 Å². The Morgan fingerprint density at radius 1 is 1.56 bits per heavy atom. The van der Waals surface area contributed by atoms with Crippen molar-refractivity contribution in [2.75, 3.05) is 11.9 Å². The molecular weight excluding hydrogens is 266 g/mol. The Morgan fingerprint density at radius 2 is 2.28 bits per heavy atom. The van der Waals surface area contributed by atoms with Crippen LogP contribution in [0.5, 0.6) is 5.75 Å². The lowest BCUT2D eigenvalue weighted by atomic mass is 10.3. The number of hydrogen-bond acceptors (Lipinski definition) is 3. The Kier molecular flexibility index (Phi) is 5.33. The lowest BCUT2D eigenvalue weighted by Crippen LogP contribution is -2.10. The summed E-state index contributed by atoms with van der Waals surface area (Å²) in [6.45, 7) is -0.750. The van der Waals surface area contributed by atoms with Gasteiger partial charge >= 0.3 is 0 Å². The number of rotatable bonds is 5. The van der Waals surface area contributed by atoms with E-state index in [1.165, 1.54) is 18.2 Å². The molecule has 1 aromatic carbocycles. The lowest BCUT2D eigenvalue weighted by molar-refractivity contribution is -0.115. The van der Waals surface area contributed by atoms with Crippen LogP contribution < -0.4 is 10.1 Å². The van der Waals surface area contributed by atoms with Gasteiger partial charge < -0.3 is 10.1 Å². The minimum atomic E-state index is -2.59. The molecule has 1 rings (SSSR count). The van der Waals surface area contributed by atoms with Crippen LogP contribution in [0, 0.1) is 11.3 Å². The molecule has 0 radical (unpaired) electrons. The van der Waals surface area contributed by atoms with Gasteiger partial charge in [-0.1, -0.05) is 11.6 Å². The average Bonchev–Trinajstić information content (AvgIpc) is 2.28. The Bertz CT molecular complexity index is 475. The molecule has 96 valence electrons. The molecule has 0 aliphatic heterocycles. The molecule has 0 atom stereocenters. The normalized spacial score (nSPS) is 9.94. The zero-order valence-electron chi connectivity index (χ0n) is 9.12. The molecule has 18 heavy (non-hydrogen) atoms. The highest BCUT2D eigenvalue weighted by atomic mass is 35.5. The van der Waals surface area contributed by atoms with Crippen LogP contribution in [0.4, 0.5) is 14.5 Å². The van der Waals surface area contributed by atoms with Gasteiger partial charge in [0.1, 0.15) is 18.8 Å². The summed E-state index contributed by atoms with van der Waals surface area (Å²) in [6, 6.07) is 5.87. The molecule has 7 heteroatoms. The molecule has 0 bridgehead atoms.